The summed E-state index contributed by atoms with van der Waals surface area (Å²) < 4.78 is 6.41. The molecule has 5 heteroatoms. The van der Waals surface area contributed by atoms with Crippen molar-refractivity contribution in [3.05, 3.63) is 105 Å². The highest BCUT2D eigenvalue weighted by Crippen LogP contribution is 2.36. The summed E-state index contributed by atoms with van der Waals surface area (Å²) in [6.45, 7) is 5.59. The summed E-state index contributed by atoms with van der Waals surface area (Å²) >= 11 is 3.51. The highest BCUT2D eigenvalue weighted by molar-refractivity contribution is 9.11. The number of Topliss-reactive ketones (excluding diaryl/α,β-unsaturated/α-hetero) is 1. The van der Waals surface area contributed by atoms with Crippen LogP contribution in [0.1, 0.15) is 34.0 Å². The second kappa shape index (κ2) is 9.21. The van der Waals surface area contributed by atoms with E-state index in [9.17, 15) is 9.59 Å². The first-order chi connectivity index (χ1) is 15.3. The van der Waals surface area contributed by atoms with E-state index in [1.807, 2.05) is 75.4 Å². The van der Waals surface area contributed by atoms with E-state index < -0.39 is 5.97 Å². The predicted octanol–water partition coefficient (Wildman–Crippen LogP) is 5.68. The quantitative estimate of drug-likeness (QED) is 0.400. The summed E-state index contributed by atoms with van der Waals surface area (Å²) in [5.41, 5.74) is 5.80. The van der Waals surface area contributed by atoms with Gasteiger partial charge in [-0.1, -0.05) is 93.8 Å². The van der Waals surface area contributed by atoms with Crippen LogP contribution in [0.4, 0.5) is 0 Å². The van der Waals surface area contributed by atoms with Crippen LogP contribution in [0.5, 0.6) is 0 Å². The van der Waals surface area contributed by atoms with Crippen molar-refractivity contribution < 1.29 is 14.3 Å². The maximum Gasteiger partial charge on any atom is 0.335 e. The molecule has 0 aromatic heterocycles. The van der Waals surface area contributed by atoms with Crippen molar-refractivity contribution in [3.63, 3.8) is 0 Å². The van der Waals surface area contributed by atoms with Crippen molar-refractivity contribution in [2.24, 2.45) is 10.9 Å². The summed E-state index contributed by atoms with van der Waals surface area (Å²) in [6.07, 6.45) is 5.91. The molecule has 162 valence electrons. The van der Waals surface area contributed by atoms with Gasteiger partial charge in [-0.3, -0.25) is 9.79 Å². The molecule has 0 fully saturated rings. The molecule has 0 radical (unpaired) electrons. The number of aryl methyl sites for hydroxylation is 2. The number of carbonyl (C=O) groups excluding carboxylic acids is 2. The fourth-order valence-corrected chi connectivity index (χ4v) is 4.40. The molecule has 0 saturated heterocycles. The number of rotatable bonds is 5. The Labute approximate surface area is 196 Å². The van der Waals surface area contributed by atoms with Gasteiger partial charge in [-0.05, 0) is 31.9 Å². The molecule has 2 aromatic carbocycles. The number of ketones is 1. The molecule has 0 unspecified atom stereocenters. The molecule has 0 amide bonds. The Balaban J connectivity index is 1.63. The van der Waals surface area contributed by atoms with Gasteiger partial charge in [0.05, 0.1) is 17.3 Å². The molecule has 2 aliphatic rings. The number of hydrogen-bond donors (Lipinski definition) is 0. The van der Waals surface area contributed by atoms with Crippen molar-refractivity contribution in [2.75, 3.05) is 6.61 Å². The van der Waals surface area contributed by atoms with Crippen LogP contribution >= 0.6 is 15.9 Å². The van der Waals surface area contributed by atoms with Gasteiger partial charge in [-0.15, -0.1) is 0 Å². The largest absolute Gasteiger partial charge is 0.454 e. The molecule has 1 heterocycles. The smallest absolute Gasteiger partial charge is 0.335 e. The number of halogens is 1. The molecule has 2 aromatic rings. The van der Waals surface area contributed by atoms with Crippen molar-refractivity contribution >= 4 is 33.4 Å². The van der Waals surface area contributed by atoms with Crippen LogP contribution in [0.3, 0.4) is 0 Å². The minimum atomic E-state index is -0.482. The molecule has 1 aliphatic heterocycles. The lowest BCUT2D eigenvalue weighted by Crippen LogP contribution is -2.33. The number of benzene rings is 2. The van der Waals surface area contributed by atoms with Crippen LogP contribution in [0, 0.1) is 19.8 Å². The zero-order valence-electron chi connectivity index (χ0n) is 18.3. The van der Waals surface area contributed by atoms with Gasteiger partial charge in [0.15, 0.2) is 12.4 Å². The molecule has 32 heavy (non-hydrogen) atoms. The highest BCUT2D eigenvalue weighted by Gasteiger charge is 2.36. The van der Waals surface area contributed by atoms with Gasteiger partial charge in [0.25, 0.3) is 0 Å². The maximum atomic E-state index is 13.2. The maximum absolute atomic E-state index is 13.2. The summed E-state index contributed by atoms with van der Waals surface area (Å²) in [6, 6.07) is 15.1. The lowest BCUT2D eigenvalue weighted by atomic mass is 9.80. The second-order valence-corrected chi connectivity index (χ2v) is 9.09. The average Bonchev–Trinajstić information content (AvgIpc) is 2.78. The van der Waals surface area contributed by atoms with Crippen LogP contribution in [-0.2, 0) is 9.53 Å². The Hall–Kier alpha value is -3.05. The Morgan fingerprint density at radius 3 is 2.25 bits per heavy atom. The number of carbonyl (C=O) groups is 2. The SMILES string of the molecule is CC1=C(C(=O)OCC(=O)c2ccc(C)cc2)[C@@H]2C=C(Br)C=C[C@H]2N=C1c1ccc(C)cc1. The lowest BCUT2D eigenvalue weighted by molar-refractivity contribution is -0.138. The topological polar surface area (TPSA) is 55.7 Å². The molecular formula is C27H24BrNO3. The Kier molecular flexibility index (Phi) is 6.38. The third-order valence-electron chi connectivity index (χ3n) is 5.78. The fourth-order valence-electron chi connectivity index (χ4n) is 3.96. The van der Waals surface area contributed by atoms with E-state index in [1.54, 1.807) is 12.1 Å². The minimum absolute atomic E-state index is 0.202. The van der Waals surface area contributed by atoms with E-state index >= 15 is 0 Å². The summed E-state index contributed by atoms with van der Waals surface area (Å²) in [5, 5.41) is 0. The minimum Gasteiger partial charge on any atom is -0.454 e. The van der Waals surface area contributed by atoms with E-state index in [2.05, 4.69) is 15.9 Å². The number of hydrogen-bond acceptors (Lipinski definition) is 4. The van der Waals surface area contributed by atoms with Crippen LogP contribution < -0.4 is 0 Å². The van der Waals surface area contributed by atoms with E-state index in [4.69, 9.17) is 9.73 Å². The van der Waals surface area contributed by atoms with Gasteiger partial charge >= 0.3 is 5.97 Å². The van der Waals surface area contributed by atoms with Gasteiger partial charge in [0, 0.05) is 16.0 Å². The van der Waals surface area contributed by atoms with Gasteiger partial charge in [0.1, 0.15) is 0 Å². The average molecular weight is 490 g/mol. The van der Waals surface area contributed by atoms with E-state index in [0.29, 0.717) is 11.1 Å². The lowest BCUT2D eigenvalue weighted by Gasteiger charge is -2.31. The van der Waals surface area contributed by atoms with Gasteiger partial charge in [0.2, 0.25) is 0 Å². The number of esters is 1. The number of fused-ring (bicyclic) bond motifs is 1. The Morgan fingerprint density at radius 1 is 0.969 bits per heavy atom. The second-order valence-electron chi connectivity index (χ2n) is 8.17. The van der Waals surface area contributed by atoms with Crippen molar-refractivity contribution in [3.8, 4) is 0 Å². The van der Waals surface area contributed by atoms with Gasteiger partial charge in [-0.2, -0.15) is 0 Å². The van der Waals surface area contributed by atoms with Crippen molar-refractivity contribution in [2.45, 2.75) is 26.8 Å². The molecule has 4 rings (SSSR count). The molecule has 4 nitrogen and oxygen atoms in total. The van der Waals surface area contributed by atoms with Crippen LogP contribution in [-0.4, -0.2) is 30.1 Å². The number of aliphatic imine (C=N–C) groups is 1. The van der Waals surface area contributed by atoms with E-state index in [0.717, 1.165) is 32.5 Å². The van der Waals surface area contributed by atoms with Crippen molar-refractivity contribution in [1.82, 2.24) is 0 Å². The third-order valence-corrected chi connectivity index (χ3v) is 6.31. The summed E-state index contributed by atoms with van der Waals surface area (Å²) in [4.78, 5) is 30.7. The Bertz CT molecular complexity index is 1180. The monoisotopic (exact) mass is 489 g/mol. The number of nitrogens with zero attached hydrogens (tertiary/aromatic N) is 1. The van der Waals surface area contributed by atoms with Crippen LogP contribution in [0.2, 0.25) is 0 Å². The Morgan fingerprint density at radius 2 is 1.59 bits per heavy atom. The molecule has 2 atom stereocenters. The summed E-state index contributed by atoms with van der Waals surface area (Å²) in [7, 11) is 0. The first kappa shape index (κ1) is 22.2. The van der Waals surface area contributed by atoms with Gasteiger partial charge in [-0.25, -0.2) is 4.79 Å². The number of allylic oxidation sites excluding steroid dienone is 3. The first-order valence-corrected chi connectivity index (χ1v) is 11.3. The van der Waals surface area contributed by atoms with Crippen LogP contribution in [0.25, 0.3) is 0 Å². The molecule has 0 N–H and O–H groups in total. The molecule has 0 bridgehead atoms. The van der Waals surface area contributed by atoms with Gasteiger partial charge < -0.3 is 4.74 Å². The zero-order valence-corrected chi connectivity index (χ0v) is 19.8. The van der Waals surface area contributed by atoms with E-state index in [1.165, 1.54) is 0 Å². The zero-order chi connectivity index (χ0) is 22.8. The molecule has 1 aliphatic carbocycles. The number of ether oxygens (including phenoxy) is 1. The van der Waals surface area contributed by atoms with Crippen molar-refractivity contribution in [1.29, 1.82) is 0 Å². The van der Waals surface area contributed by atoms with Crippen LogP contribution in [0.15, 0.2) is 87.4 Å². The highest BCUT2D eigenvalue weighted by atomic mass is 79.9. The fraction of sp³-hybridized carbons (Fsp3) is 0.222. The molecule has 0 saturated carbocycles. The molecule has 0 spiro atoms. The number of dihydropyridines is 1. The third kappa shape index (κ3) is 4.58. The predicted molar refractivity (Wildman–Crippen MR) is 130 cm³/mol. The normalized spacial score (nSPS) is 19.8. The molecular weight excluding hydrogens is 466 g/mol. The standard InChI is InChI=1S/C27H24BrNO3/c1-16-4-8-19(9-5-16)24(30)15-32-27(31)25-18(3)26(20-10-6-17(2)7-11-20)29-23-13-12-21(28)14-22(23)25/h4-14,22-23H,15H2,1-3H3/t22-,23-/m1/s1. The summed E-state index contributed by atoms with van der Waals surface area (Å²) in [5.74, 6) is -0.952. The first-order valence-electron chi connectivity index (χ1n) is 10.5. The van der Waals surface area contributed by atoms with E-state index in [-0.39, 0.29) is 24.3 Å².